The van der Waals surface area contributed by atoms with Crippen LogP contribution >= 0.6 is 0 Å². The van der Waals surface area contributed by atoms with Crippen molar-refractivity contribution >= 4 is 0 Å². The van der Waals surface area contributed by atoms with Gasteiger partial charge in [-0.3, -0.25) is 4.90 Å². The molecule has 0 aromatic heterocycles. The largest absolute Gasteiger partial charge is 0.573 e. The number of para-hydroxylation sites is 1. The van der Waals surface area contributed by atoms with Crippen LogP contribution in [0.15, 0.2) is 24.3 Å². The fourth-order valence-electron chi connectivity index (χ4n) is 3.21. The monoisotopic (exact) mass is 286 g/mol. The minimum atomic E-state index is -4.64. The number of fused-ring (bicyclic) bond motifs is 1. The van der Waals surface area contributed by atoms with Crippen molar-refractivity contribution in [1.82, 2.24) is 10.2 Å². The Kier molecular flexibility index (Phi) is 3.60. The molecule has 2 heterocycles. The summed E-state index contributed by atoms with van der Waals surface area (Å²) >= 11 is 0. The molecule has 3 rings (SSSR count). The van der Waals surface area contributed by atoms with Crippen LogP contribution in [-0.2, 0) is 6.54 Å². The van der Waals surface area contributed by atoms with E-state index in [9.17, 15) is 13.2 Å². The summed E-state index contributed by atoms with van der Waals surface area (Å²) in [5.74, 6) is 0.542. The molecule has 0 aliphatic carbocycles. The molecule has 110 valence electrons. The predicted octanol–water partition coefficient (Wildman–Crippen LogP) is 2.38. The highest BCUT2D eigenvalue weighted by Crippen LogP contribution is 2.32. The van der Waals surface area contributed by atoms with E-state index in [4.69, 9.17) is 0 Å². The molecule has 0 unspecified atom stereocenters. The lowest BCUT2D eigenvalue weighted by molar-refractivity contribution is -0.275. The molecular formula is C14H17F3N2O. The summed E-state index contributed by atoms with van der Waals surface area (Å²) in [4.78, 5) is 2.25. The van der Waals surface area contributed by atoms with E-state index in [0.29, 0.717) is 24.1 Å². The lowest BCUT2D eigenvalue weighted by atomic mass is 10.0. The molecule has 1 N–H and O–H groups in total. The highest BCUT2D eigenvalue weighted by molar-refractivity contribution is 5.33. The van der Waals surface area contributed by atoms with Gasteiger partial charge in [0, 0.05) is 24.7 Å². The Morgan fingerprint density at radius 2 is 2.05 bits per heavy atom. The van der Waals surface area contributed by atoms with Crippen LogP contribution < -0.4 is 10.1 Å². The first-order valence-corrected chi connectivity index (χ1v) is 6.81. The number of nitrogens with zero attached hydrogens (tertiary/aromatic N) is 1. The third-order valence-electron chi connectivity index (χ3n) is 4.13. The van der Waals surface area contributed by atoms with Crippen LogP contribution in [0, 0.1) is 5.92 Å². The van der Waals surface area contributed by atoms with Crippen molar-refractivity contribution in [3.8, 4) is 5.75 Å². The average Bonchev–Trinajstić information content (AvgIpc) is 2.94. The molecule has 2 aliphatic rings. The average molecular weight is 286 g/mol. The smallest absolute Gasteiger partial charge is 0.405 e. The quantitative estimate of drug-likeness (QED) is 0.923. The molecule has 0 radical (unpaired) electrons. The maximum atomic E-state index is 12.4. The molecular weight excluding hydrogens is 269 g/mol. The predicted molar refractivity (Wildman–Crippen MR) is 68.3 cm³/mol. The molecule has 2 atom stereocenters. The van der Waals surface area contributed by atoms with Gasteiger partial charge in [-0.15, -0.1) is 13.2 Å². The van der Waals surface area contributed by atoms with Gasteiger partial charge in [-0.1, -0.05) is 18.2 Å². The molecule has 2 aliphatic heterocycles. The van der Waals surface area contributed by atoms with E-state index in [1.165, 1.54) is 6.07 Å². The summed E-state index contributed by atoms with van der Waals surface area (Å²) in [7, 11) is 0. The minimum Gasteiger partial charge on any atom is -0.405 e. The number of ether oxygens (including phenoxy) is 1. The van der Waals surface area contributed by atoms with Crippen LogP contribution in [0.25, 0.3) is 0 Å². The Morgan fingerprint density at radius 3 is 2.85 bits per heavy atom. The summed E-state index contributed by atoms with van der Waals surface area (Å²) in [6.45, 7) is 3.39. The van der Waals surface area contributed by atoms with E-state index in [0.717, 1.165) is 26.1 Å². The second-order valence-electron chi connectivity index (χ2n) is 5.40. The number of hydrogen-bond acceptors (Lipinski definition) is 3. The number of halogens is 3. The number of alkyl halides is 3. The molecule has 20 heavy (non-hydrogen) atoms. The van der Waals surface area contributed by atoms with Crippen molar-refractivity contribution in [3.05, 3.63) is 29.8 Å². The molecule has 6 heteroatoms. The summed E-state index contributed by atoms with van der Waals surface area (Å²) in [5.41, 5.74) is 0.595. The van der Waals surface area contributed by atoms with Crippen molar-refractivity contribution in [2.75, 3.05) is 19.6 Å². The van der Waals surface area contributed by atoms with Gasteiger partial charge in [-0.05, 0) is 31.5 Å². The normalized spacial score (nSPS) is 26.8. The summed E-state index contributed by atoms with van der Waals surface area (Å²) in [5, 5.41) is 3.34. The van der Waals surface area contributed by atoms with Gasteiger partial charge >= 0.3 is 6.36 Å². The number of rotatable bonds is 3. The van der Waals surface area contributed by atoms with Crippen molar-refractivity contribution < 1.29 is 17.9 Å². The van der Waals surface area contributed by atoms with Gasteiger partial charge in [0.15, 0.2) is 0 Å². The molecule has 1 aromatic rings. The first-order valence-electron chi connectivity index (χ1n) is 6.81. The Bertz CT molecular complexity index is 478. The van der Waals surface area contributed by atoms with Gasteiger partial charge in [0.2, 0.25) is 0 Å². The number of likely N-dealkylation sites (tertiary alicyclic amines) is 1. The van der Waals surface area contributed by atoms with Crippen molar-refractivity contribution in [1.29, 1.82) is 0 Å². The summed E-state index contributed by atoms with van der Waals surface area (Å²) < 4.78 is 41.3. The SMILES string of the molecule is FC(F)(F)Oc1ccccc1CN1CC[C@H]2CNC[C@H]21. The Balaban J connectivity index is 1.74. The van der Waals surface area contributed by atoms with Crippen LogP contribution in [-0.4, -0.2) is 36.9 Å². The summed E-state index contributed by atoms with van der Waals surface area (Å²) in [6.07, 6.45) is -3.53. The fourth-order valence-corrected chi connectivity index (χ4v) is 3.21. The molecule has 0 saturated carbocycles. The lowest BCUT2D eigenvalue weighted by Crippen LogP contribution is -2.33. The zero-order valence-corrected chi connectivity index (χ0v) is 11.0. The van der Waals surface area contributed by atoms with E-state index >= 15 is 0 Å². The summed E-state index contributed by atoms with van der Waals surface area (Å²) in [6, 6.07) is 6.84. The Hall–Kier alpha value is -1.27. The molecule has 0 bridgehead atoms. The topological polar surface area (TPSA) is 24.5 Å². The van der Waals surface area contributed by atoms with Gasteiger partial charge in [0.05, 0.1) is 0 Å². The van der Waals surface area contributed by atoms with Crippen LogP contribution in [0.4, 0.5) is 13.2 Å². The number of benzene rings is 1. The standard InChI is InChI=1S/C14H17F3N2O/c15-14(16,17)20-13-4-2-1-3-11(13)9-19-6-5-10-7-18-8-12(10)19/h1-4,10,12,18H,5-9H2/t10-,12+/m0/s1. The molecule has 0 spiro atoms. The molecule has 2 saturated heterocycles. The van der Waals surface area contributed by atoms with Crippen LogP contribution in [0.3, 0.4) is 0 Å². The number of nitrogens with one attached hydrogen (secondary N) is 1. The second-order valence-corrected chi connectivity index (χ2v) is 5.40. The second kappa shape index (κ2) is 5.26. The first-order chi connectivity index (χ1) is 9.53. The van der Waals surface area contributed by atoms with Gasteiger partial charge in [0.1, 0.15) is 5.75 Å². The molecule has 0 amide bonds. The highest BCUT2D eigenvalue weighted by atomic mass is 19.4. The molecule has 2 fully saturated rings. The van der Waals surface area contributed by atoms with Crippen LogP contribution in [0.1, 0.15) is 12.0 Å². The molecule has 3 nitrogen and oxygen atoms in total. The zero-order chi connectivity index (χ0) is 14.2. The first kappa shape index (κ1) is 13.7. The third kappa shape index (κ3) is 2.91. The van der Waals surface area contributed by atoms with E-state index in [1.54, 1.807) is 18.2 Å². The van der Waals surface area contributed by atoms with Gasteiger partial charge in [-0.2, -0.15) is 0 Å². The van der Waals surface area contributed by atoms with E-state index in [1.807, 2.05) is 0 Å². The van der Waals surface area contributed by atoms with Gasteiger partial charge < -0.3 is 10.1 Å². The van der Waals surface area contributed by atoms with E-state index in [2.05, 4.69) is 15.0 Å². The van der Waals surface area contributed by atoms with E-state index < -0.39 is 6.36 Å². The molecule has 1 aromatic carbocycles. The fraction of sp³-hybridized carbons (Fsp3) is 0.571. The minimum absolute atomic E-state index is 0.0885. The van der Waals surface area contributed by atoms with Crippen LogP contribution in [0.2, 0.25) is 0 Å². The van der Waals surface area contributed by atoms with Crippen molar-refractivity contribution in [3.63, 3.8) is 0 Å². The Morgan fingerprint density at radius 1 is 1.25 bits per heavy atom. The number of hydrogen-bond donors (Lipinski definition) is 1. The maximum absolute atomic E-state index is 12.4. The Labute approximate surface area is 115 Å². The highest BCUT2D eigenvalue weighted by Gasteiger charge is 2.38. The lowest BCUT2D eigenvalue weighted by Gasteiger charge is -2.24. The third-order valence-corrected chi connectivity index (χ3v) is 4.13. The maximum Gasteiger partial charge on any atom is 0.573 e. The zero-order valence-electron chi connectivity index (χ0n) is 11.0. The van der Waals surface area contributed by atoms with Crippen molar-refractivity contribution in [2.24, 2.45) is 5.92 Å². The van der Waals surface area contributed by atoms with Gasteiger partial charge in [-0.25, -0.2) is 0 Å². The van der Waals surface area contributed by atoms with Crippen molar-refractivity contribution in [2.45, 2.75) is 25.4 Å². The van der Waals surface area contributed by atoms with Gasteiger partial charge in [0.25, 0.3) is 0 Å². The van der Waals surface area contributed by atoms with Crippen LogP contribution in [0.5, 0.6) is 5.75 Å². The van der Waals surface area contributed by atoms with E-state index in [-0.39, 0.29) is 5.75 Å².